The van der Waals surface area contributed by atoms with Crippen LogP contribution < -0.4 is 4.74 Å². The van der Waals surface area contributed by atoms with Gasteiger partial charge in [-0.25, -0.2) is 0 Å². The van der Waals surface area contributed by atoms with Crippen LogP contribution in [0.3, 0.4) is 0 Å². The van der Waals surface area contributed by atoms with Gasteiger partial charge in [-0.3, -0.25) is 0 Å². The molecule has 1 aromatic carbocycles. The van der Waals surface area contributed by atoms with E-state index in [2.05, 4.69) is 6.58 Å². The zero-order valence-corrected chi connectivity index (χ0v) is 7.73. The number of para-hydroxylation sites is 1. The fraction of sp³-hybridized carbons (Fsp3) is 0.273. The quantitative estimate of drug-likeness (QED) is 0.717. The lowest BCUT2D eigenvalue weighted by atomic mass is 10.1. The standard InChI is InChI=1S/C11H14O2/c1-3-8-13-11-7-5-4-6-10(11)9(2)12/h3-7,9,12H,1,8H2,2H3/t9-/m1/s1. The summed E-state index contributed by atoms with van der Waals surface area (Å²) in [6.45, 7) is 5.74. The van der Waals surface area contributed by atoms with E-state index in [0.29, 0.717) is 6.61 Å². The Hall–Kier alpha value is -1.28. The average molecular weight is 178 g/mol. The minimum Gasteiger partial charge on any atom is -0.489 e. The van der Waals surface area contributed by atoms with Crippen molar-refractivity contribution in [1.29, 1.82) is 0 Å². The molecule has 0 saturated carbocycles. The molecule has 0 aliphatic rings. The van der Waals surface area contributed by atoms with E-state index in [0.717, 1.165) is 11.3 Å². The molecule has 0 aromatic heterocycles. The highest BCUT2D eigenvalue weighted by atomic mass is 16.5. The fourth-order valence-corrected chi connectivity index (χ4v) is 1.11. The highest BCUT2D eigenvalue weighted by molar-refractivity contribution is 5.34. The fourth-order valence-electron chi connectivity index (χ4n) is 1.11. The molecule has 1 atom stereocenters. The summed E-state index contributed by atoms with van der Waals surface area (Å²) in [5, 5.41) is 9.40. The highest BCUT2D eigenvalue weighted by Crippen LogP contribution is 2.24. The molecular weight excluding hydrogens is 164 g/mol. The topological polar surface area (TPSA) is 29.5 Å². The Labute approximate surface area is 78.5 Å². The van der Waals surface area contributed by atoms with Gasteiger partial charge in [-0.1, -0.05) is 30.9 Å². The monoisotopic (exact) mass is 178 g/mol. The van der Waals surface area contributed by atoms with Crippen LogP contribution in [-0.4, -0.2) is 11.7 Å². The molecule has 2 heteroatoms. The van der Waals surface area contributed by atoms with E-state index in [1.54, 1.807) is 13.0 Å². The van der Waals surface area contributed by atoms with Gasteiger partial charge in [-0.15, -0.1) is 0 Å². The molecule has 0 amide bonds. The summed E-state index contributed by atoms with van der Waals surface area (Å²) in [5.74, 6) is 0.720. The average Bonchev–Trinajstić information content (AvgIpc) is 2.15. The zero-order valence-electron chi connectivity index (χ0n) is 7.73. The molecule has 0 fully saturated rings. The first-order valence-corrected chi connectivity index (χ1v) is 4.26. The van der Waals surface area contributed by atoms with Gasteiger partial charge in [0.25, 0.3) is 0 Å². The van der Waals surface area contributed by atoms with Gasteiger partial charge in [0.05, 0.1) is 6.10 Å². The Morgan fingerprint density at radius 3 is 2.85 bits per heavy atom. The zero-order chi connectivity index (χ0) is 9.68. The van der Waals surface area contributed by atoms with E-state index in [9.17, 15) is 5.11 Å². The molecule has 0 heterocycles. The molecule has 2 nitrogen and oxygen atoms in total. The molecule has 70 valence electrons. The number of ether oxygens (including phenoxy) is 1. The maximum Gasteiger partial charge on any atom is 0.125 e. The summed E-state index contributed by atoms with van der Waals surface area (Å²) in [6, 6.07) is 7.45. The number of rotatable bonds is 4. The summed E-state index contributed by atoms with van der Waals surface area (Å²) in [5.41, 5.74) is 0.810. The van der Waals surface area contributed by atoms with Crippen LogP contribution in [0.1, 0.15) is 18.6 Å². The Balaban J connectivity index is 2.84. The smallest absolute Gasteiger partial charge is 0.125 e. The van der Waals surface area contributed by atoms with Crippen molar-refractivity contribution in [1.82, 2.24) is 0 Å². The van der Waals surface area contributed by atoms with Gasteiger partial charge in [0.2, 0.25) is 0 Å². The normalized spacial score (nSPS) is 12.2. The molecule has 0 unspecified atom stereocenters. The first-order valence-electron chi connectivity index (χ1n) is 4.26. The van der Waals surface area contributed by atoms with Gasteiger partial charge in [-0.05, 0) is 13.0 Å². The third-order valence-electron chi connectivity index (χ3n) is 1.73. The first kappa shape index (κ1) is 9.81. The number of aliphatic hydroxyl groups excluding tert-OH is 1. The number of aliphatic hydroxyl groups is 1. The largest absolute Gasteiger partial charge is 0.489 e. The summed E-state index contributed by atoms with van der Waals surface area (Å²) >= 11 is 0. The maximum absolute atomic E-state index is 9.40. The van der Waals surface area contributed by atoms with Crippen molar-refractivity contribution in [3.05, 3.63) is 42.5 Å². The Morgan fingerprint density at radius 2 is 2.23 bits per heavy atom. The third-order valence-corrected chi connectivity index (χ3v) is 1.73. The Kier molecular flexibility index (Phi) is 3.53. The van der Waals surface area contributed by atoms with Crippen molar-refractivity contribution in [2.75, 3.05) is 6.61 Å². The van der Waals surface area contributed by atoms with E-state index in [1.165, 1.54) is 0 Å². The van der Waals surface area contributed by atoms with Crippen LogP contribution in [0.25, 0.3) is 0 Å². The molecule has 0 aliphatic carbocycles. The molecule has 1 N–H and O–H groups in total. The van der Waals surface area contributed by atoms with Gasteiger partial charge < -0.3 is 9.84 Å². The van der Waals surface area contributed by atoms with Crippen molar-refractivity contribution in [2.45, 2.75) is 13.0 Å². The van der Waals surface area contributed by atoms with E-state index < -0.39 is 6.10 Å². The van der Waals surface area contributed by atoms with Crippen molar-refractivity contribution in [2.24, 2.45) is 0 Å². The number of benzene rings is 1. The van der Waals surface area contributed by atoms with E-state index in [4.69, 9.17) is 4.74 Å². The molecular formula is C11H14O2. The predicted octanol–water partition coefficient (Wildman–Crippen LogP) is 2.30. The van der Waals surface area contributed by atoms with Gasteiger partial charge in [0, 0.05) is 5.56 Å². The summed E-state index contributed by atoms with van der Waals surface area (Å²) in [6.07, 6.45) is 1.18. The van der Waals surface area contributed by atoms with Crippen molar-refractivity contribution in [3.63, 3.8) is 0 Å². The van der Waals surface area contributed by atoms with E-state index >= 15 is 0 Å². The van der Waals surface area contributed by atoms with Crippen LogP contribution in [0.2, 0.25) is 0 Å². The summed E-state index contributed by atoms with van der Waals surface area (Å²) in [4.78, 5) is 0. The molecule has 0 bridgehead atoms. The molecule has 0 spiro atoms. The van der Waals surface area contributed by atoms with Crippen molar-refractivity contribution in [3.8, 4) is 5.75 Å². The summed E-state index contributed by atoms with van der Waals surface area (Å²) in [7, 11) is 0. The van der Waals surface area contributed by atoms with Crippen LogP contribution in [0, 0.1) is 0 Å². The van der Waals surface area contributed by atoms with Gasteiger partial charge >= 0.3 is 0 Å². The minimum atomic E-state index is -0.499. The molecule has 1 rings (SSSR count). The Bertz CT molecular complexity index is 279. The molecule has 0 aliphatic heterocycles. The van der Waals surface area contributed by atoms with Crippen LogP contribution in [-0.2, 0) is 0 Å². The van der Waals surface area contributed by atoms with Gasteiger partial charge in [-0.2, -0.15) is 0 Å². The first-order chi connectivity index (χ1) is 6.25. The highest BCUT2D eigenvalue weighted by Gasteiger charge is 2.06. The van der Waals surface area contributed by atoms with Crippen LogP contribution in [0.4, 0.5) is 0 Å². The Morgan fingerprint density at radius 1 is 1.54 bits per heavy atom. The lowest BCUT2D eigenvalue weighted by Gasteiger charge is -2.11. The minimum absolute atomic E-state index is 0.462. The predicted molar refractivity (Wildman–Crippen MR) is 52.8 cm³/mol. The lowest BCUT2D eigenvalue weighted by Crippen LogP contribution is -1.99. The van der Waals surface area contributed by atoms with Crippen LogP contribution in [0.15, 0.2) is 36.9 Å². The third kappa shape index (κ3) is 2.60. The van der Waals surface area contributed by atoms with E-state index in [-0.39, 0.29) is 0 Å². The number of hydrogen-bond donors (Lipinski definition) is 1. The van der Waals surface area contributed by atoms with Gasteiger partial charge in [0.1, 0.15) is 12.4 Å². The van der Waals surface area contributed by atoms with Crippen LogP contribution >= 0.6 is 0 Å². The number of hydrogen-bond acceptors (Lipinski definition) is 2. The second kappa shape index (κ2) is 4.67. The molecule has 13 heavy (non-hydrogen) atoms. The van der Waals surface area contributed by atoms with E-state index in [1.807, 2.05) is 24.3 Å². The van der Waals surface area contributed by atoms with Crippen LogP contribution in [0.5, 0.6) is 5.75 Å². The van der Waals surface area contributed by atoms with Crippen molar-refractivity contribution >= 4 is 0 Å². The van der Waals surface area contributed by atoms with Gasteiger partial charge in [0.15, 0.2) is 0 Å². The SMILES string of the molecule is C=CCOc1ccccc1[C@@H](C)O. The molecule has 0 saturated heterocycles. The maximum atomic E-state index is 9.40. The summed E-state index contributed by atoms with van der Waals surface area (Å²) < 4.78 is 5.37. The second-order valence-corrected chi connectivity index (χ2v) is 2.81. The second-order valence-electron chi connectivity index (χ2n) is 2.81. The van der Waals surface area contributed by atoms with Crippen molar-refractivity contribution < 1.29 is 9.84 Å². The lowest BCUT2D eigenvalue weighted by molar-refractivity contribution is 0.193. The molecule has 0 radical (unpaired) electrons. The molecule has 1 aromatic rings.